The molecular weight excluding hydrogens is 312 g/mol. The van der Waals surface area contributed by atoms with Crippen molar-refractivity contribution in [3.63, 3.8) is 0 Å². The summed E-state index contributed by atoms with van der Waals surface area (Å²) in [6.07, 6.45) is 0. The van der Waals surface area contributed by atoms with Gasteiger partial charge in [-0.15, -0.1) is 0 Å². The zero-order valence-corrected chi connectivity index (χ0v) is 6.91. The first-order valence-corrected chi connectivity index (χ1v) is 3.55. The van der Waals surface area contributed by atoms with E-state index in [1.165, 1.54) is 0 Å². The van der Waals surface area contributed by atoms with Crippen LogP contribution in [0.5, 0.6) is 0 Å². The maximum absolute atomic E-state index is 9.49. The molecule has 6 heavy (non-hydrogen) atoms. The van der Waals surface area contributed by atoms with Gasteiger partial charge in [-0.05, 0) is 0 Å². The molecule has 0 unspecified atom stereocenters. The summed E-state index contributed by atoms with van der Waals surface area (Å²) in [6.45, 7) is 0. The number of hydrogen-bond donors (Lipinski definition) is 0. The van der Waals surface area contributed by atoms with E-state index in [0.29, 0.717) is 0 Å². The van der Waals surface area contributed by atoms with Crippen molar-refractivity contribution in [2.75, 3.05) is 0 Å². The lowest BCUT2D eigenvalue weighted by atomic mass is 11.5. The van der Waals surface area contributed by atoms with Crippen molar-refractivity contribution in [1.29, 1.82) is 0 Å². The van der Waals surface area contributed by atoms with E-state index in [9.17, 15) is 10.1 Å². The van der Waals surface area contributed by atoms with E-state index in [2.05, 4.69) is 0 Å². The molecule has 0 aromatic rings. The Balaban J connectivity index is 3.26. The fourth-order valence-corrected chi connectivity index (χ4v) is 0. The molecule has 0 aromatic carbocycles. The minimum atomic E-state index is -0.486. The summed E-state index contributed by atoms with van der Waals surface area (Å²) < 4.78 is -0.486. The Morgan fingerprint density at radius 3 is 1.83 bits per heavy atom. The molecule has 0 aromatic heterocycles. The third-order valence-electron chi connectivity index (χ3n) is 0.159. The second-order valence-electron chi connectivity index (χ2n) is 0.563. The molecule has 0 rings (SSSR count). The van der Waals surface area contributed by atoms with E-state index in [0.717, 1.165) is 0 Å². The van der Waals surface area contributed by atoms with Crippen LogP contribution in [0.25, 0.3) is 0 Å². The Hall–Kier alpha value is 0.860. The van der Waals surface area contributed by atoms with Gasteiger partial charge in [0.05, 0.1) is 0 Å². The lowest BCUT2D eigenvalue weighted by molar-refractivity contribution is -0.459. The normalized spacial score (nSPS) is 9.17. The van der Waals surface area contributed by atoms with E-state index in [1.54, 1.807) is 45.2 Å². The number of alkyl halides is 2. The number of nitrogens with zero attached hydrogens (tertiary/aromatic N) is 1. The Kier molecular flexibility index (Phi) is 3.36. The van der Waals surface area contributed by atoms with Gasteiger partial charge in [0.1, 0.15) is 0 Å². The van der Waals surface area contributed by atoms with Crippen molar-refractivity contribution in [1.82, 2.24) is 0 Å². The Labute approximate surface area is 61.9 Å². The van der Waals surface area contributed by atoms with E-state index >= 15 is 0 Å². The fourth-order valence-electron chi connectivity index (χ4n) is 0. The molecule has 0 aliphatic heterocycles. The molecule has 0 atom stereocenters. The Bertz CT molecular complexity index is 62.6. The summed E-state index contributed by atoms with van der Waals surface area (Å²) in [4.78, 5) is 9.13. The number of nitro groups is 1. The van der Waals surface area contributed by atoms with Crippen molar-refractivity contribution in [3.8, 4) is 0 Å². The molecule has 0 fully saturated rings. The molecule has 0 heterocycles. The Morgan fingerprint density at radius 2 is 1.83 bits per heavy atom. The standard InChI is InChI=1S/CHI2NO2/c2-1(3)4(5)6/h1H. The zero-order valence-electron chi connectivity index (χ0n) is 2.60. The molecule has 0 radical (unpaired) electrons. The average molecular weight is 313 g/mol. The molecule has 0 bridgehead atoms. The highest BCUT2D eigenvalue weighted by Gasteiger charge is 2.04. The average Bonchev–Trinajstić information content (AvgIpc) is 1.36. The van der Waals surface area contributed by atoms with Crippen molar-refractivity contribution in [2.45, 2.75) is 2.06 Å². The van der Waals surface area contributed by atoms with Gasteiger partial charge in [-0.3, -0.25) is 10.1 Å². The molecule has 0 saturated heterocycles. The van der Waals surface area contributed by atoms with Gasteiger partial charge in [0, 0.05) is 50.1 Å². The van der Waals surface area contributed by atoms with Crippen LogP contribution >= 0.6 is 45.2 Å². The molecule has 5 heteroatoms. The van der Waals surface area contributed by atoms with E-state index in [-0.39, 0.29) is 4.92 Å². The largest absolute Gasteiger partial charge is 0.307 e. The van der Waals surface area contributed by atoms with Crippen LogP contribution in [0, 0.1) is 10.1 Å². The molecule has 36 valence electrons. The third kappa shape index (κ3) is 3.07. The summed E-state index contributed by atoms with van der Waals surface area (Å²) in [7, 11) is 0. The van der Waals surface area contributed by atoms with Gasteiger partial charge >= 0.3 is 2.06 Å². The van der Waals surface area contributed by atoms with Gasteiger partial charge in [-0.1, -0.05) is 0 Å². The third-order valence-corrected chi connectivity index (χ3v) is 1.07. The first-order valence-electron chi connectivity index (χ1n) is 1.06. The minimum absolute atomic E-state index is 0.360. The van der Waals surface area contributed by atoms with Gasteiger partial charge < -0.3 is 0 Å². The van der Waals surface area contributed by atoms with Gasteiger partial charge in [-0.2, -0.15) is 0 Å². The predicted octanol–water partition coefficient (Wildman–Crippen LogP) is 1.42. The van der Waals surface area contributed by atoms with Crippen molar-refractivity contribution in [2.24, 2.45) is 0 Å². The molecule has 0 amide bonds. The van der Waals surface area contributed by atoms with Crippen LogP contribution in [-0.2, 0) is 0 Å². The first kappa shape index (κ1) is 6.86. The molecule has 3 nitrogen and oxygen atoms in total. The van der Waals surface area contributed by atoms with Crippen LogP contribution in [0.15, 0.2) is 0 Å². The van der Waals surface area contributed by atoms with Crippen LogP contribution in [0.1, 0.15) is 0 Å². The molecule has 0 saturated carbocycles. The smallest absolute Gasteiger partial charge is 0.263 e. The van der Waals surface area contributed by atoms with Crippen LogP contribution in [-0.4, -0.2) is 6.98 Å². The van der Waals surface area contributed by atoms with Gasteiger partial charge in [0.2, 0.25) is 0 Å². The van der Waals surface area contributed by atoms with E-state index in [1.807, 2.05) is 0 Å². The van der Waals surface area contributed by atoms with Crippen molar-refractivity contribution < 1.29 is 4.92 Å². The molecule has 0 aliphatic carbocycles. The second kappa shape index (κ2) is 2.94. The van der Waals surface area contributed by atoms with Crippen LogP contribution in [0.3, 0.4) is 0 Å². The predicted molar refractivity (Wildman–Crippen MR) is 38.8 cm³/mol. The fraction of sp³-hybridized carbons (Fsp3) is 1.00. The monoisotopic (exact) mass is 313 g/mol. The SMILES string of the molecule is O=[N+]([O-])C(I)I. The quantitative estimate of drug-likeness (QED) is 0.242. The molecule has 0 spiro atoms. The lowest BCUT2D eigenvalue weighted by Gasteiger charge is -1.84. The second-order valence-corrected chi connectivity index (χ2v) is 5.31. The van der Waals surface area contributed by atoms with Crippen molar-refractivity contribution >= 4 is 45.2 Å². The van der Waals surface area contributed by atoms with Gasteiger partial charge in [0.25, 0.3) is 0 Å². The van der Waals surface area contributed by atoms with Crippen molar-refractivity contribution in [3.05, 3.63) is 10.1 Å². The number of halogens is 2. The molecular formula is CHI2NO2. The number of hydrogen-bond acceptors (Lipinski definition) is 2. The van der Waals surface area contributed by atoms with Crippen LogP contribution < -0.4 is 0 Å². The highest BCUT2D eigenvalue weighted by atomic mass is 127. The molecule has 0 aliphatic rings. The minimum Gasteiger partial charge on any atom is -0.263 e. The topological polar surface area (TPSA) is 43.1 Å². The summed E-state index contributed by atoms with van der Waals surface area (Å²) in [5.41, 5.74) is 0. The number of rotatable bonds is 1. The summed E-state index contributed by atoms with van der Waals surface area (Å²) in [5.74, 6) is 0. The lowest BCUT2D eigenvalue weighted by Crippen LogP contribution is -1.99. The zero-order chi connectivity index (χ0) is 5.15. The van der Waals surface area contributed by atoms with E-state index < -0.39 is 2.06 Å². The maximum atomic E-state index is 9.49. The summed E-state index contributed by atoms with van der Waals surface area (Å²) >= 11 is 3.44. The summed E-state index contributed by atoms with van der Waals surface area (Å²) in [6, 6.07) is 0. The highest BCUT2D eigenvalue weighted by molar-refractivity contribution is 14.2. The first-order chi connectivity index (χ1) is 2.64. The highest BCUT2D eigenvalue weighted by Crippen LogP contribution is 2.08. The van der Waals surface area contributed by atoms with Gasteiger partial charge in [0.15, 0.2) is 0 Å². The molecule has 0 N–H and O–H groups in total. The van der Waals surface area contributed by atoms with Gasteiger partial charge in [-0.25, -0.2) is 0 Å². The van der Waals surface area contributed by atoms with Crippen LogP contribution in [0.4, 0.5) is 0 Å². The van der Waals surface area contributed by atoms with Crippen LogP contribution in [0.2, 0.25) is 0 Å². The summed E-state index contributed by atoms with van der Waals surface area (Å²) in [5, 5.41) is 9.49. The Morgan fingerprint density at radius 1 is 1.67 bits per heavy atom. The maximum Gasteiger partial charge on any atom is 0.307 e. The van der Waals surface area contributed by atoms with E-state index in [4.69, 9.17) is 0 Å².